The predicted octanol–water partition coefficient (Wildman–Crippen LogP) is 1.35. The summed E-state index contributed by atoms with van der Waals surface area (Å²) in [4.78, 5) is 26.9. The number of carbonyl (C=O) groups is 2. The number of rotatable bonds is 8. The fraction of sp³-hybridized carbons (Fsp3) is 0.500. The van der Waals surface area contributed by atoms with Gasteiger partial charge < -0.3 is 15.6 Å². The van der Waals surface area contributed by atoms with E-state index in [0.29, 0.717) is 0 Å². The van der Waals surface area contributed by atoms with E-state index in [4.69, 9.17) is 10.5 Å². The lowest BCUT2D eigenvalue weighted by Gasteiger charge is -2.19. The van der Waals surface area contributed by atoms with Gasteiger partial charge in [-0.05, 0) is 52.7 Å². The number of hydrogen-bond acceptors (Lipinski definition) is 6. The number of guanidine groups is 1. The topological polar surface area (TPSA) is 160 Å². The molecule has 0 spiro atoms. The molecule has 1 atom stereocenters. The van der Waals surface area contributed by atoms with Crippen molar-refractivity contribution in [3.8, 4) is 0 Å². The molecule has 29 heavy (non-hydrogen) atoms. The van der Waals surface area contributed by atoms with Crippen LogP contribution in [0, 0.1) is 6.92 Å². The predicted molar refractivity (Wildman–Crippen MR) is 108 cm³/mol. The van der Waals surface area contributed by atoms with Crippen LogP contribution in [-0.2, 0) is 19.6 Å². The number of nitrogens with zero attached hydrogens (tertiary/aromatic N) is 1. The number of carboxylic acids is 1. The maximum absolute atomic E-state index is 12.4. The van der Waals surface area contributed by atoms with Gasteiger partial charge in [0, 0.05) is 6.54 Å². The molecule has 0 fully saturated rings. The van der Waals surface area contributed by atoms with Crippen LogP contribution in [-0.4, -0.2) is 49.7 Å². The van der Waals surface area contributed by atoms with Crippen molar-refractivity contribution in [2.45, 2.75) is 57.1 Å². The number of aliphatic imine (C=N–C) groups is 1. The van der Waals surface area contributed by atoms with Gasteiger partial charge >= 0.3 is 12.1 Å². The van der Waals surface area contributed by atoms with Crippen LogP contribution in [0.1, 0.15) is 39.2 Å². The molecule has 0 radical (unpaired) electrons. The van der Waals surface area contributed by atoms with Crippen LogP contribution in [0.3, 0.4) is 0 Å². The Labute approximate surface area is 170 Å². The quantitative estimate of drug-likeness (QED) is 0.276. The third kappa shape index (κ3) is 9.39. The molecule has 1 aromatic carbocycles. The highest BCUT2D eigenvalue weighted by atomic mass is 32.2. The van der Waals surface area contributed by atoms with Gasteiger partial charge in [0.25, 0.3) is 0 Å². The number of aryl methyl sites for hydroxylation is 1. The summed E-state index contributed by atoms with van der Waals surface area (Å²) in [6.45, 7) is 7.00. The maximum Gasteiger partial charge on any atom is 0.414 e. The SMILES string of the molecule is Cc1ccc(S(=O)(=O)N[C@H](CCCN=C(N)NC(=O)OC(C)(C)C)C(=O)O)cc1. The highest BCUT2D eigenvalue weighted by Gasteiger charge is 2.25. The first kappa shape index (κ1) is 24.4. The number of nitrogens with two attached hydrogens (primary N) is 1. The number of aliphatic carboxylic acids is 1. The number of hydrogen-bond donors (Lipinski definition) is 4. The summed E-state index contributed by atoms with van der Waals surface area (Å²) in [5.41, 5.74) is 5.77. The minimum absolute atomic E-state index is 0.0103. The molecule has 0 saturated heterocycles. The Morgan fingerprint density at radius 3 is 2.34 bits per heavy atom. The minimum atomic E-state index is -3.97. The zero-order chi connectivity index (χ0) is 22.2. The van der Waals surface area contributed by atoms with Crippen LogP contribution in [0.25, 0.3) is 0 Å². The van der Waals surface area contributed by atoms with E-state index in [1.165, 1.54) is 12.1 Å². The summed E-state index contributed by atoms with van der Waals surface area (Å²) in [6.07, 6.45) is -0.540. The molecule has 0 bridgehead atoms. The smallest absolute Gasteiger partial charge is 0.414 e. The van der Waals surface area contributed by atoms with Gasteiger partial charge in [0.05, 0.1) is 4.90 Å². The Bertz CT molecular complexity index is 844. The number of nitrogens with one attached hydrogen (secondary N) is 2. The summed E-state index contributed by atoms with van der Waals surface area (Å²) in [5.74, 6) is -1.48. The molecule has 10 nitrogen and oxygen atoms in total. The number of alkyl carbamates (subject to hydrolysis) is 1. The molecule has 0 heterocycles. The second-order valence-electron chi connectivity index (χ2n) is 7.36. The minimum Gasteiger partial charge on any atom is -0.480 e. The number of benzene rings is 1. The first-order chi connectivity index (χ1) is 13.3. The van der Waals surface area contributed by atoms with E-state index in [0.717, 1.165) is 5.56 Å². The number of amides is 1. The highest BCUT2D eigenvalue weighted by Crippen LogP contribution is 2.12. The van der Waals surface area contributed by atoms with E-state index in [2.05, 4.69) is 15.0 Å². The van der Waals surface area contributed by atoms with E-state index in [1.807, 2.05) is 6.92 Å². The van der Waals surface area contributed by atoms with Crippen molar-refractivity contribution in [2.24, 2.45) is 10.7 Å². The standard InChI is InChI=1S/C18H28N4O6S/c1-12-7-9-13(10-8-12)29(26,27)22-14(15(23)24)6-5-11-20-16(19)21-17(25)28-18(2,3)4/h7-10,14,22H,5-6,11H2,1-4H3,(H,23,24)(H3,19,20,21,25)/t14-/m1/s1. The van der Waals surface area contributed by atoms with E-state index >= 15 is 0 Å². The molecule has 11 heteroatoms. The molecular formula is C18H28N4O6S. The molecule has 1 rings (SSSR count). The van der Waals surface area contributed by atoms with Crippen molar-refractivity contribution in [2.75, 3.05) is 6.54 Å². The third-order valence-corrected chi connectivity index (χ3v) is 4.98. The van der Waals surface area contributed by atoms with Gasteiger partial charge in [-0.25, -0.2) is 13.2 Å². The highest BCUT2D eigenvalue weighted by molar-refractivity contribution is 7.89. The van der Waals surface area contributed by atoms with E-state index in [9.17, 15) is 23.1 Å². The number of sulfonamides is 1. The van der Waals surface area contributed by atoms with E-state index < -0.39 is 33.7 Å². The number of ether oxygens (including phenoxy) is 1. The molecular weight excluding hydrogens is 400 g/mol. The fourth-order valence-electron chi connectivity index (χ4n) is 2.15. The second-order valence-corrected chi connectivity index (χ2v) is 9.08. The lowest BCUT2D eigenvalue weighted by Crippen LogP contribution is -2.41. The van der Waals surface area contributed by atoms with Crippen molar-refractivity contribution < 1.29 is 27.9 Å². The van der Waals surface area contributed by atoms with Crippen LogP contribution < -0.4 is 15.8 Å². The van der Waals surface area contributed by atoms with Crippen molar-refractivity contribution in [3.63, 3.8) is 0 Å². The third-order valence-electron chi connectivity index (χ3n) is 3.49. The average molecular weight is 429 g/mol. The van der Waals surface area contributed by atoms with Crippen molar-refractivity contribution in [1.29, 1.82) is 0 Å². The van der Waals surface area contributed by atoms with Crippen LogP contribution in [0.2, 0.25) is 0 Å². The van der Waals surface area contributed by atoms with Gasteiger partial charge in [0.15, 0.2) is 5.96 Å². The van der Waals surface area contributed by atoms with E-state index in [1.54, 1.807) is 32.9 Å². The van der Waals surface area contributed by atoms with Gasteiger partial charge in [-0.2, -0.15) is 4.72 Å². The maximum atomic E-state index is 12.4. The van der Waals surface area contributed by atoms with Gasteiger partial charge in [-0.3, -0.25) is 15.1 Å². The number of carboxylic acid groups (broad SMARTS) is 1. The zero-order valence-corrected chi connectivity index (χ0v) is 17.7. The molecule has 0 aliphatic carbocycles. The Morgan fingerprint density at radius 2 is 1.83 bits per heavy atom. The summed E-state index contributed by atoms with van der Waals surface area (Å²) in [7, 11) is -3.97. The van der Waals surface area contributed by atoms with Crippen molar-refractivity contribution in [1.82, 2.24) is 10.0 Å². The summed E-state index contributed by atoms with van der Waals surface area (Å²) in [5, 5.41) is 11.6. The van der Waals surface area contributed by atoms with Gasteiger partial charge in [0.1, 0.15) is 11.6 Å². The molecule has 0 unspecified atom stereocenters. The molecule has 162 valence electrons. The first-order valence-corrected chi connectivity index (χ1v) is 10.4. The van der Waals surface area contributed by atoms with Gasteiger partial charge in [0.2, 0.25) is 10.0 Å². The Balaban J connectivity index is 2.59. The Morgan fingerprint density at radius 1 is 1.24 bits per heavy atom. The first-order valence-electron chi connectivity index (χ1n) is 8.92. The molecule has 0 saturated carbocycles. The summed E-state index contributed by atoms with van der Waals surface area (Å²) >= 11 is 0. The van der Waals surface area contributed by atoms with Gasteiger partial charge in [-0.15, -0.1) is 0 Å². The van der Waals surface area contributed by atoms with Crippen LogP contribution >= 0.6 is 0 Å². The molecule has 0 aromatic heterocycles. The van der Waals surface area contributed by atoms with Crippen LogP contribution in [0.5, 0.6) is 0 Å². The number of carbonyl (C=O) groups excluding carboxylic acids is 1. The fourth-order valence-corrected chi connectivity index (χ4v) is 3.37. The lowest BCUT2D eigenvalue weighted by molar-refractivity contribution is -0.139. The van der Waals surface area contributed by atoms with Crippen LogP contribution in [0.4, 0.5) is 4.79 Å². The van der Waals surface area contributed by atoms with Crippen molar-refractivity contribution in [3.05, 3.63) is 29.8 Å². The normalized spacial score (nSPS) is 13.6. The largest absolute Gasteiger partial charge is 0.480 e. The van der Waals surface area contributed by atoms with E-state index in [-0.39, 0.29) is 30.2 Å². The second kappa shape index (κ2) is 10.2. The van der Waals surface area contributed by atoms with Gasteiger partial charge in [-0.1, -0.05) is 17.7 Å². The zero-order valence-electron chi connectivity index (χ0n) is 16.9. The molecule has 1 amide bonds. The average Bonchev–Trinajstić information content (AvgIpc) is 2.55. The Hall–Kier alpha value is -2.66. The monoisotopic (exact) mass is 428 g/mol. The lowest BCUT2D eigenvalue weighted by atomic mass is 10.2. The Kier molecular flexibility index (Phi) is 8.59. The van der Waals surface area contributed by atoms with Crippen LogP contribution in [0.15, 0.2) is 34.2 Å². The molecule has 0 aliphatic heterocycles. The molecule has 1 aromatic rings. The van der Waals surface area contributed by atoms with Crippen molar-refractivity contribution >= 4 is 28.0 Å². The molecule has 0 aliphatic rings. The molecule has 5 N–H and O–H groups in total. The summed E-state index contributed by atoms with van der Waals surface area (Å²) in [6, 6.07) is 4.74. The summed E-state index contributed by atoms with van der Waals surface area (Å²) < 4.78 is 31.9.